The van der Waals surface area contributed by atoms with Crippen molar-refractivity contribution in [2.24, 2.45) is 20.5 Å². The zero-order valence-electron chi connectivity index (χ0n) is 27.6. The largest absolute Gasteiger partial charge is 0.494 e. The predicted molar refractivity (Wildman–Crippen MR) is 192 cm³/mol. The highest BCUT2D eigenvalue weighted by Gasteiger charge is 2.24. The van der Waals surface area contributed by atoms with Gasteiger partial charge in [0.15, 0.2) is 11.6 Å². The van der Waals surface area contributed by atoms with Gasteiger partial charge in [-0.15, -0.1) is 0 Å². The maximum Gasteiger partial charge on any atom is 0.258 e. The minimum atomic E-state index is -1.39. The molecular formula is C36H34Cl2N6O6. The van der Waals surface area contributed by atoms with Crippen molar-refractivity contribution in [3.8, 4) is 22.6 Å². The van der Waals surface area contributed by atoms with Crippen molar-refractivity contribution in [1.29, 1.82) is 0 Å². The van der Waals surface area contributed by atoms with Crippen LogP contribution >= 0.6 is 23.2 Å². The minimum Gasteiger partial charge on any atom is -0.494 e. The lowest BCUT2D eigenvalue weighted by Gasteiger charge is -2.11. The number of rotatable bonds is 15. The van der Waals surface area contributed by atoms with Gasteiger partial charge in [-0.1, -0.05) is 35.3 Å². The fourth-order valence-corrected chi connectivity index (χ4v) is 4.87. The van der Waals surface area contributed by atoms with Crippen molar-refractivity contribution in [1.82, 2.24) is 0 Å². The van der Waals surface area contributed by atoms with E-state index in [4.69, 9.17) is 32.7 Å². The maximum atomic E-state index is 12.8. The van der Waals surface area contributed by atoms with Crippen LogP contribution < -0.4 is 20.1 Å². The quantitative estimate of drug-likeness (QED) is 0.0923. The number of Topliss-reactive ketones (excluding diaryl/α,β-unsaturated/α-hetero) is 2. The third-order valence-electron chi connectivity index (χ3n) is 6.92. The molecule has 0 aliphatic carbocycles. The highest BCUT2D eigenvalue weighted by Crippen LogP contribution is 2.35. The fourth-order valence-electron chi connectivity index (χ4n) is 4.44. The summed E-state index contributed by atoms with van der Waals surface area (Å²) in [4.78, 5) is 50.1. The molecule has 2 amide bonds. The standard InChI is InChI=1S/C36H34Cl2N6O6/c1-5-49-27-13-9-25(10-14-27)39-35(47)33(21(3)45)43-41-31-17-7-23(19-29(31)37)24-8-18-32(30(38)20-24)42-44-34(22(4)46)36(48)40-26-11-15-28(16-12-26)50-6-2/h7-20,33-34H,5-6H2,1-4H3,(H,39,47)(H,40,48)/b43-41+,44-42+. The Bertz CT molecular complexity index is 1780. The molecule has 0 aliphatic rings. The topological polar surface area (TPSA) is 160 Å². The molecule has 14 heteroatoms. The Morgan fingerprint density at radius 3 is 1.26 bits per heavy atom. The lowest BCUT2D eigenvalue weighted by Crippen LogP contribution is -2.31. The van der Waals surface area contributed by atoms with Crippen LogP contribution in [0.4, 0.5) is 22.7 Å². The summed E-state index contributed by atoms with van der Waals surface area (Å²) in [6.45, 7) is 7.24. The number of ether oxygens (including phenoxy) is 2. The highest BCUT2D eigenvalue weighted by molar-refractivity contribution is 6.34. The molecule has 0 aliphatic heterocycles. The predicted octanol–water partition coefficient (Wildman–Crippen LogP) is 8.82. The molecule has 0 spiro atoms. The summed E-state index contributed by atoms with van der Waals surface area (Å²) in [5.41, 5.74) is 2.77. The first kappa shape index (κ1) is 37.4. The van der Waals surface area contributed by atoms with Gasteiger partial charge in [0.2, 0.25) is 12.1 Å². The van der Waals surface area contributed by atoms with Crippen molar-refractivity contribution >= 4 is 69.3 Å². The maximum absolute atomic E-state index is 12.8. The minimum absolute atomic E-state index is 0.211. The molecule has 12 nitrogen and oxygen atoms in total. The summed E-state index contributed by atoms with van der Waals surface area (Å²) in [7, 11) is 0. The van der Waals surface area contributed by atoms with E-state index in [0.29, 0.717) is 47.2 Å². The molecule has 0 saturated heterocycles. The molecule has 2 atom stereocenters. The molecule has 0 fully saturated rings. The van der Waals surface area contributed by atoms with Crippen molar-refractivity contribution in [3.63, 3.8) is 0 Å². The normalized spacial score (nSPS) is 12.4. The lowest BCUT2D eigenvalue weighted by atomic mass is 10.0. The van der Waals surface area contributed by atoms with E-state index in [1.54, 1.807) is 84.9 Å². The Morgan fingerprint density at radius 2 is 0.960 bits per heavy atom. The van der Waals surface area contributed by atoms with Crippen molar-refractivity contribution in [2.45, 2.75) is 39.8 Å². The molecule has 0 bridgehead atoms. The van der Waals surface area contributed by atoms with Gasteiger partial charge in [-0.3, -0.25) is 19.2 Å². The van der Waals surface area contributed by atoms with Crippen LogP contribution in [0.25, 0.3) is 11.1 Å². The van der Waals surface area contributed by atoms with Crippen molar-refractivity contribution in [2.75, 3.05) is 23.8 Å². The number of hydrogen-bond donors (Lipinski definition) is 2. The lowest BCUT2D eigenvalue weighted by molar-refractivity contribution is -0.127. The van der Waals surface area contributed by atoms with Gasteiger partial charge >= 0.3 is 0 Å². The Kier molecular flexibility index (Phi) is 13.3. The number of nitrogens with one attached hydrogen (secondary N) is 2. The second-order valence-electron chi connectivity index (χ2n) is 10.7. The molecule has 50 heavy (non-hydrogen) atoms. The number of carbonyl (C=O) groups is 4. The summed E-state index contributed by atoms with van der Waals surface area (Å²) >= 11 is 13.0. The van der Waals surface area contributed by atoms with E-state index in [0.717, 1.165) is 0 Å². The zero-order chi connectivity index (χ0) is 36.2. The highest BCUT2D eigenvalue weighted by atomic mass is 35.5. The van der Waals surface area contributed by atoms with Crippen LogP contribution in [0, 0.1) is 0 Å². The van der Waals surface area contributed by atoms with Crippen LogP contribution in [0.3, 0.4) is 0 Å². The molecule has 0 aromatic heterocycles. The molecular weight excluding hydrogens is 683 g/mol. The van der Waals surface area contributed by atoms with E-state index < -0.39 is 35.5 Å². The van der Waals surface area contributed by atoms with Crippen molar-refractivity contribution < 1.29 is 28.7 Å². The number of halogens is 2. The van der Waals surface area contributed by atoms with Crippen LogP contribution in [0.5, 0.6) is 11.5 Å². The third kappa shape index (κ3) is 10.3. The van der Waals surface area contributed by atoms with Crippen LogP contribution in [0.15, 0.2) is 105 Å². The molecule has 2 unspecified atom stereocenters. The van der Waals surface area contributed by atoms with E-state index in [1.165, 1.54) is 13.8 Å². The summed E-state index contributed by atoms with van der Waals surface area (Å²) in [5.74, 6) is -0.993. The number of amides is 2. The molecule has 4 aromatic rings. The number of benzene rings is 4. The number of azo groups is 2. The average molecular weight is 718 g/mol. The van der Waals surface area contributed by atoms with Crippen LogP contribution in [-0.2, 0) is 19.2 Å². The second-order valence-corrected chi connectivity index (χ2v) is 11.5. The Balaban J connectivity index is 1.43. The Labute approximate surface area is 298 Å². The first-order valence-electron chi connectivity index (χ1n) is 15.5. The molecule has 0 heterocycles. The zero-order valence-corrected chi connectivity index (χ0v) is 29.2. The molecule has 2 N–H and O–H groups in total. The van der Waals surface area contributed by atoms with Crippen LogP contribution in [0.1, 0.15) is 27.7 Å². The van der Waals surface area contributed by atoms with Gasteiger partial charge < -0.3 is 20.1 Å². The smallest absolute Gasteiger partial charge is 0.258 e. The van der Waals surface area contributed by atoms with E-state index in [2.05, 4.69) is 31.1 Å². The number of hydrogen-bond acceptors (Lipinski definition) is 10. The van der Waals surface area contributed by atoms with Gasteiger partial charge in [0.1, 0.15) is 22.9 Å². The van der Waals surface area contributed by atoms with E-state index in [-0.39, 0.29) is 21.4 Å². The van der Waals surface area contributed by atoms with Gasteiger partial charge in [0, 0.05) is 11.4 Å². The van der Waals surface area contributed by atoms with Gasteiger partial charge in [-0.25, -0.2) is 0 Å². The SMILES string of the molecule is CCOc1ccc(NC(=O)C(/N=N/c2ccc(-c3ccc(/N=N/C(C(C)=O)C(=O)Nc4ccc(OCC)cc4)c(Cl)c3)cc2Cl)C(C)=O)cc1. The van der Waals surface area contributed by atoms with E-state index in [9.17, 15) is 19.2 Å². The first-order chi connectivity index (χ1) is 24.0. The summed E-state index contributed by atoms with van der Waals surface area (Å²) in [6.07, 6.45) is 0. The molecule has 0 saturated carbocycles. The first-order valence-corrected chi connectivity index (χ1v) is 16.2. The van der Waals surface area contributed by atoms with Gasteiger partial charge in [-0.05, 0) is 112 Å². The Morgan fingerprint density at radius 1 is 0.600 bits per heavy atom. The summed E-state index contributed by atoms with van der Waals surface area (Å²) in [5, 5.41) is 21.8. The second kappa shape index (κ2) is 17.8. The number of nitrogens with zero attached hydrogens (tertiary/aromatic N) is 4. The molecule has 4 rings (SSSR count). The Hall–Kier alpha value is -5.46. The monoisotopic (exact) mass is 716 g/mol. The molecule has 0 radical (unpaired) electrons. The molecule has 258 valence electrons. The summed E-state index contributed by atoms with van der Waals surface area (Å²) < 4.78 is 10.8. The summed E-state index contributed by atoms with van der Waals surface area (Å²) in [6, 6.07) is 20.5. The van der Waals surface area contributed by atoms with Gasteiger partial charge in [-0.2, -0.15) is 20.5 Å². The van der Waals surface area contributed by atoms with Crippen LogP contribution in [-0.4, -0.2) is 48.7 Å². The van der Waals surface area contributed by atoms with Gasteiger partial charge in [0.05, 0.1) is 23.3 Å². The third-order valence-corrected chi connectivity index (χ3v) is 7.53. The fraction of sp³-hybridized carbons (Fsp3) is 0.222. The molecule has 4 aromatic carbocycles. The average Bonchev–Trinajstić information content (AvgIpc) is 3.08. The van der Waals surface area contributed by atoms with Crippen LogP contribution in [0.2, 0.25) is 10.0 Å². The van der Waals surface area contributed by atoms with Crippen molar-refractivity contribution in [3.05, 3.63) is 95.0 Å². The number of ketones is 2. The number of anilines is 2. The number of carbonyl (C=O) groups excluding carboxylic acids is 4. The van der Waals surface area contributed by atoms with E-state index in [1.807, 2.05) is 13.8 Å². The van der Waals surface area contributed by atoms with Gasteiger partial charge in [0.25, 0.3) is 11.8 Å². The van der Waals surface area contributed by atoms with E-state index >= 15 is 0 Å².